The van der Waals surface area contributed by atoms with Gasteiger partial charge in [-0.25, -0.2) is 4.79 Å². The Hall–Kier alpha value is -2.63. The molecule has 1 aromatic heterocycles. The second kappa shape index (κ2) is 7.55. The summed E-state index contributed by atoms with van der Waals surface area (Å²) < 4.78 is 10.6. The molecule has 1 N–H and O–H groups in total. The molecular formula is C21H25NO5. The fourth-order valence-corrected chi connectivity index (χ4v) is 3.08. The van der Waals surface area contributed by atoms with Crippen molar-refractivity contribution in [2.24, 2.45) is 5.41 Å². The molecular weight excluding hydrogens is 346 g/mol. The average molecular weight is 371 g/mol. The van der Waals surface area contributed by atoms with Crippen LogP contribution < -0.4 is 15.7 Å². The summed E-state index contributed by atoms with van der Waals surface area (Å²) in [6.07, 6.45) is 5.24. The second-order valence-corrected chi connectivity index (χ2v) is 8.10. The van der Waals surface area contributed by atoms with E-state index in [-0.39, 0.29) is 23.2 Å². The van der Waals surface area contributed by atoms with Crippen LogP contribution in [0.15, 0.2) is 33.5 Å². The first-order valence-electron chi connectivity index (χ1n) is 9.35. The van der Waals surface area contributed by atoms with Gasteiger partial charge in [-0.2, -0.15) is 0 Å². The standard InChI is InChI=1S/C21H25NO5/c1-21(2,3)20(25)26-15-10-9-13-11-16(19(24)27-17(13)12-15)18(23)22-14-7-5-4-6-8-14/h9-12,14H,4-8H2,1-3H3,(H,22,23). The van der Waals surface area contributed by atoms with Crippen molar-refractivity contribution in [3.63, 3.8) is 0 Å². The lowest BCUT2D eigenvalue weighted by Gasteiger charge is -2.22. The van der Waals surface area contributed by atoms with Crippen LogP contribution in [0, 0.1) is 5.41 Å². The van der Waals surface area contributed by atoms with Crippen molar-refractivity contribution in [2.45, 2.75) is 58.9 Å². The highest BCUT2D eigenvalue weighted by Gasteiger charge is 2.24. The first-order valence-corrected chi connectivity index (χ1v) is 9.35. The molecule has 144 valence electrons. The van der Waals surface area contributed by atoms with Crippen molar-refractivity contribution in [1.29, 1.82) is 0 Å². The summed E-state index contributed by atoms with van der Waals surface area (Å²) in [6.45, 7) is 5.27. The van der Waals surface area contributed by atoms with Crippen LogP contribution in [0.4, 0.5) is 0 Å². The average Bonchev–Trinajstić information content (AvgIpc) is 2.61. The Morgan fingerprint density at radius 2 is 1.81 bits per heavy atom. The first kappa shape index (κ1) is 19.1. The fraction of sp³-hybridized carbons (Fsp3) is 0.476. The highest BCUT2D eigenvalue weighted by atomic mass is 16.5. The number of nitrogens with one attached hydrogen (secondary N) is 1. The largest absolute Gasteiger partial charge is 0.426 e. The normalized spacial score (nSPS) is 15.5. The van der Waals surface area contributed by atoms with E-state index in [1.54, 1.807) is 32.9 Å². The molecule has 0 radical (unpaired) electrons. The maximum Gasteiger partial charge on any atom is 0.349 e. The van der Waals surface area contributed by atoms with Crippen LogP contribution in [0.3, 0.4) is 0 Å². The van der Waals surface area contributed by atoms with Crippen molar-refractivity contribution < 1.29 is 18.7 Å². The number of rotatable bonds is 3. The van der Waals surface area contributed by atoms with E-state index in [2.05, 4.69) is 5.32 Å². The van der Waals surface area contributed by atoms with Crippen molar-refractivity contribution >= 4 is 22.8 Å². The molecule has 2 aromatic rings. The number of amides is 1. The summed E-state index contributed by atoms with van der Waals surface area (Å²) in [5.74, 6) is -0.488. The first-order chi connectivity index (χ1) is 12.7. The van der Waals surface area contributed by atoms with Crippen molar-refractivity contribution in [3.8, 4) is 5.75 Å². The van der Waals surface area contributed by atoms with Gasteiger partial charge in [0, 0.05) is 17.5 Å². The van der Waals surface area contributed by atoms with Gasteiger partial charge in [-0.05, 0) is 51.8 Å². The van der Waals surface area contributed by atoms with Crippen LogP contribution in [-0.2, 0) is 4.79 Å². The van der Waals surface area contributed by atoms with E-state index in [1.165, 1.54) is 18.6 Å². The molecule has 6 nitrogen and oxygen atoms in total. The molecule has 0 aliphatic heterocycles. The third-order valence-electron chi connectivity index (χ3n) is 4.72. The van der Waals surface area contributed by atoms with Gasteiger partial charge in [0.25, 0.3) is 5.91 Å². The quantitative estimate of drug-likeness (QED) is 0.504. The van der Waals surface area contributed by atoms with Crippen LogP contribution in [0.5, 0.6) is 5.75 Å². The summed E-state index contributed by atoms with van der Waals surface area (Å²) in [5, 5.41) is 3.52. The van der Waals surface area contributed by atoms with Crippen LogP contribution in [0.2, 0.25) is 0 Å². The zero-order valence-corrected chi connectivity index (χ0v) is 16.0. The van der Waals surface area contributed by atoms with Gasteiger partial charge in [0.05, 0.1) is 5.41 Å². The summed E-state index contributed by atoms with van der Waals surface area (Å²) in [6, 6.07) is 6.41. The highest BCUT2D eigenvalue weighted by Crippen LogP contribution is 2.24. The maximum absolute atomic E-state index is 12.5. The number of carbonyl (C=O) groups is 2. The van der Waals surface area contributed by atoms with Crippen LogP contribution >= 0.6 is 0 Å². The minimum atomic E-state index is -0.699. The summed E-state index contributed by atoms with van der Waals surface area (Å²) in [5.41, 5.74) is -1.08. The number of ether oxygens (including phenoxy) is 1. The lowest BCUT2D eigenvalue weighted by molar-refractivity contribution is -0.142. The number of hydrogen-bond acceptors (Lipinski definition) is 5. The number of fused-ring (bicyclic) bond motifs is 1. The van der Waals surface area contributed by atoms with Gasteiger partial charge in [-0.15, -0.1) is 0 Å². The minimum absolute atomic E-state index is 0.00694. The van der Waals surface area contributed by atoms with Crippen LogP contribution in [0.25, 0.3) is 11.0 Å². The molecule has 3 rings (SSSR count). The van der Waals surface area contributed by atoms with Gasteiger partial charge in [0.1, 0.15) is 16.9 Å². The van der Waals surface area contributed by atoms with E-state index in [9.17, 15) is 14.4 Å². The summed E-state index contributed by atoms with van der Waals surface area (Å²) in [4.78, 5) is 36.7. The molecule has 0 unspecified atom stereocenters. The van der Waals surface area contributed by atoms with Crippen molar-refractivity contribution in [3.05, 3.63) is 40.2 Å². The smallest absolute Gasteiger partial charge is 0.349 e. The Kier molecular flexibility index (Phi) is 5.35. The third kappa shape index (κ3) is 4.56. The summed E-state index contributed by atoms with van der Waals surface area (Å²) in [7, 11) is 0. The van der Waals surface area contributed by atoms with Gasteiger partial charge in [0.2, 0.25) is 0 Å². The monoisotopic (exact) mass is 371 g/mol. The maximum atomic E-state index is 12.5. The van der Waals surface area contributed by atoms with Crippen LogP contribution in [0.1, 0.15) is 63.2 Å². The number of hydrogen-bond donors (Lipinski definition) is 1. The van der Waals surface area contributed by atoms with E-state index < -0.39 is 16.9 Å². The Morgan fingerprint density at radius 3 is 2.48 bits per heavy atom. The third-order valence-corrected chi connectivity index (χ3v) is 4.72. The predicted octanol–water partition coefficient (Wildman–Crippen LogP) is 3.81. The Balaban J connectivity index is 1.82. The zero-order chi connectivity index (χ0) is 19.6. The molecule has 1 aliphatic carbocycles. The molecule has 1 saturated carbocycles. The molecule has 0 spiro atoms. The Morgan fingerprint density at radius 1 is 1.11 bits per heavy atom. The highest BCUT2D eigenvalue weighted by molar-refractivity contribution is 5.97. The topological polar surface area (TPSA) is 85.6 Å². The van der Waals surface area contributed by atoms with E-state index in [4.69, 9.17) is 9.15 Å². The van der Waals surface area contributed by atoms with E-state index in [0.717, 1.165) is 25.7 Å². The molecule has 0 saturated heterocycles. The van der Waals surface area contributed by atoms with E-state index >= 15 is 0 Å². The Labute approximate surface area is 157 Å². The number of esters is 1. The SMILES string of the molecule is CC(C)(C)C(=O)Oc1ccc2cc(C(=O)NC3CCCCC3)c(=O)oc2c1. The van der Waals surface area contributed by atoms with Crippen LogP contribution in [-0.4, -0.2) is 17.9 Å². The lowest BCUT2D eigenvalue weighted by Crippen LogP contribution is -2.38. The van der Waals surface area contributed by atoms with E-state index in [1.807, 2.05) is 0 Å². The number of benzene rings is 1. The molecule has 1 amide bonds. The van der Waals surface area contributed by atoms with Gasteiger partial charge in [0.15, 0.2) is 0 Å². The molecule has 1 aromatic carbocycles. The molecule has 6 heteroatoms. The predicted molar refractivity (Wildman–Crippen MR) is 102 cm³/mol. The minimum Gasteiger partial charge on any atom is -0.426 e. The van der Waals surface area contributed by atoms with Crippen molar-refractivity contribution in [2.75, 3.05) is 0 Å². The molecule has 0 atom stereocenters. The molecule has 27 heavy (non-hydrogen) atoms. The van der Waals surface area contributed by atoms with Crippen molar-refractivity contribution in [1.82, 2.24) is 5.32 Å². The molecule has 1 heterocycles. The lowest BCUT2D eigenvalue weighted by atomic mass is 9.95. The van der Waals surface area contributed by atoms with Gasteiger partial charge < -0.3 is 14.5 Å². The summed E-state index contributed by atoms with van der Waals surface area (Å²) >= 11 is 0. The molecule has 0 bridgehead atoms. The van der Waals surface area contributed by atoms with Gasteiger partial charge >= 0.3 is 11.6 Å². The van der Waals surface area contributed by atoms with Gasteiger partial charge in [-0.3, -0.25) is 9.59 Å². The fourth-order valence-electron chi connectivity index (χ4n) is 3.08. The second-order valence-electron chi connectivity index (χ2n) is 8.10. The molecule has 1 fully saturated rings. The number of carbonyl (C=O) groups excluding carboxylic acids is 2. The van der Waals surface area contributed by atoms with E-state index in [0.29, 0.717) is 11.1 Å². The van der Waals surface area contributed by atoms with Gasteiger partial charge in [-0.1, -0.05) is 19.3 Å². The molecule has 1 aliphatic rings. The Bertz CT molecular complexity index is 916. The zero-order valence-electron chi connectivity index (χ0n) is 16.0.